The van der Waals surface area contributed by atoms with E-state index in [-0.39, 0.29) is 12.1 Å². The molecule has 0 spiro atoms. The number of benzene rings is 1. The molecule has 6 nitrogen and oxygen atoms in total. The van der Waals surface area contributed by atoms with Crippen molar-refractivity contribution >= 4 is 33.4 Å². The second kappa shape index (κ2) is 6.67. The van der Waals surface area contributed by atoms with Crippen LogP contribution in [0.4, 0.5) is 5.69 Å². The summed E-state index contributed by atoms with van der Waals surface area (Å²) in [6.45, 7) is 3.71. The van der Waals surface area contributed by atoms with Crippen LogP contribution in [0, 0.1) is 0 Å². The van der Waals surface area contributed by atoms with E-state index in [0.717, 1.165) is 6.26 Å². The Labute approximate surface area is 129 Å². The first-order valence-electron chi connectivity index (χ1n) is 6.19. The lowest BCUT2D eigenvalue weighted by atomic mass is 10.1. The number of anilines is 1. The summed E-state index contributed by atoms with van der Waals surface area (Å²) in [6.07, 6.45) is 2.90. The molecule has 0 amide bonds. The molecule has 1 rings (SSSR count). The zero-order valence-electron chi connectivity index (χ0n) is 12.4. The van der Waals surface area contributed by atoms with Crippen molar-refractivity contribution in [3.8, 4) is 0 Å². The maximum absolute atomic E-state index is 11.4. The van der Waals surface area contributed by atoms with Gasteiger partial charge in [0.15, 0.2) is 0 Å². The second-order valence-electron chi connectivity index (χ2n) is 5.30. The predicted octanol–water partition coefficient (Wildman–Crippen LogP) is 1.85. The van der Waals surface area contributed by atoms with Crippen LogP contribution in [0.3, 0.4) is 0 Å². The van der Waals surface area contributed by atoms with E-state index in [1.54, 1.807) is 38.3 Å². The molecule has 0 saturated heterocycles. The van der Waals surface area contributed by atoms with Crippen LogP contribution in [0.5, 0.6) is 0 Å². The van der Waals surface area contributed by atoms with E-state index in [2.05, 4.69) is 10.0 Å². The summed E-state index contributed by atoms with van der Waals surface area (Å²) in [5, 5.41) is 12.3. The molecular weight excluding hydrogens is 312 g/mol. The van der Waals surface area contributed by atoms with E-state index in [4.69, 9.17) is 0 Å². The van der Waals surface area contributed by atoms with Crippen molar-refractivity contribution in [2.45, 2.75) is 24.3 Å². The molecule has 0 aliphatic carbocycles. The Kier molecular flexibility index (Phi) is 5.66. The summed E-state index contributed by atoms with van der Waals surface area (Å²) in [7, 11) is -3.34. The Hall–Kier alpha value is -1.25. The highest BCUT2D eigenvalue weighted by Gasteiger charge is 2.23. The highest BCUT2D eigenvalue weighted by Crippen LogP contribution is 2.27. The minimum atomic E-state index is -3.34. The highest BCUT2D eigenvalue weighted by atomic mass is 32.2. The van der Waals surface area contributed by atoms with Gasteiger partial charge >= 0.3 is 5.97 Å². The van der Waals surface area contributed by atoms with Crippen LogP contribution in [0.25, 0.3) is 0 Å². The third-order valence-corrected chi connectivity index (χ3v) is 4.35. The van der Waals surface area contributed by atoms with Crippen molar-refractivity contribution < 1.29 is 18.3 Å². The summed E-state index contributed by atoms with van der Waals surface area (Å²) in [4.78, 5) is 12.0. The molecular formula is C13H20N2O4S2. The van der Waals surface area contributed by atoms with Crippen LogP contribution in [0.2, 0.25) is 0 Å². The number of carboxylic acids is 1. The lowest BCUT2D eigenvalue weighted by Gasteiger charge is -2.26. The summed E-state index contributed by atoms with van der Waals surface area (Å²) < 4.78 is 25.1. The van der Waals surface area contributed by atoms with Gasteiger partial charge in [-0.25, -0.2) is 17.9 Å². The van der Waals surface area contributed by atoms with Crippen LogP contribution in [-0.2, 0) is 10.0 Å². The molecule has 1 aromatic rings. The topological polar surface area (TPSA) is 95.5 Å². The van der Waals surface area contributed by atoms with Gasteiger partial charge in [0.2, 0.25) is 10.0 Å². The Morgan fingerprint density at radius 1 is 1.38 bits per heavy atom. The van der Waals surface area contributed by atoms with Gasteiger partial charge in [-0.1, -0.05) is 6.07 Å². The van der Waals surface area contributed by atoms with Gasteiger partial charge in [-0.2, -0.15) is 0 Å². The van der Waals surface area contributed by atoms with Gasteiger partial charge in [0.1, 0.15) is 0 Å². The Balaban J connectivity index is 2.97. The van der Waals surface area contributed by atoms with Gasteiger partial charge < -0.3 is 10.4 Å². The Morgan fingerprint density at radius 2 is 2.00 bits per heavy atom. The zero-order valence-corrected chi connectivity index (χ0v) is 14.1. The van der Waals surface area contributed by atoms with Crippen LogP contribution >= 0.6 is 11.8 Å². The Bertz CT molecular complexity index is 627. The first-order chi connectivity index (χ1) is 9.56. The van der Waals surface area contributed by atoms with Gasteiger partial charge in [0.25, 0.3) is 0 Å². The number of hydrogen-bond acceptors (Lipinski definition) is 5. The van der Waals surface area contributed by atoms with Crippen LogP contribution in [-0.4, -0.2) is 44.1 Å². The van der Waals surface area contributed by atoms with Gasteiger partial charge in [-0.05, 0) is 32.2 Å². The third kappa shape index (κ3) is 5.56. The molecule has 0 unspecified atom stereocenters. The van der Waals surface area contributed by atoms with E-state index in [0.29, 0.717) is 10.6 Å². The molecule has 0 heterocycles. The van der Waals surface area contributed by atoms with Crippen molar-refractivity contribution in [2.24, 2.45) is 0 Å². The lowest BCUT2D eigenvalue weighted by molar-refractivity contribution is 0.0694. The van der Waals surface area contributed by atoms with Gasteiger partial charge in [-0.3, -0.25) is 0 Å². The molecule has 0 fully saturated rings. The number of rotatable bonds is 7. The smallest absolute Gasteiger partial charge is 0.338 e. The molecule has 0 radical (unpaired) electrons. The zero-order chi connectivity index (χ0) is 16.3. The van der Waals surface area contributed by atoms with Crippen molar-refractivity contribution in [2.75, 3.05) is 24.4 Å². The first-order valence-corrected chi connectivity index (χ1v) is 9.30. The van der Waals surface area contributed by atoms with E-state index in [1.807, 2.05) is 0 Å². The predicted molar refractivity (Wildman–Crippen MR) is 85.7 cm³/mol. The fourth-order valence-corrected chi connectivity index (χ4v) is 3.62. The summed E-state index contributed by atoms with van der Waals surface area (Å²) >= 11 is 1.35. The fourth-order valence-electron chi connectivity index (χ4n) is 1.92. The molecule has 118 valence electrons. The minimum absolute atomic E-state index is 0.195. The van der Waals surface area contributed by atoms with Gasteiger partial charge in [0, 0.05) is 22.7 Å². The summed E-state index contributed by atoms with van der Waals surface area (Å²) in [6, 6.07) is 5.16. The SMILES string of the molecule is CSc1cccc(NCC(C)(C)NS(C)(=O)=O)c1C(=O)O. The normalized spacial score (nSPS) is 12.2. The number of carbonyl (C=O) groups is 1. The maximum atomic E-state index is 11.4. The lowest BCUT2D eigenvalue weighted by Crippen LogP contribution is -2.47. The van der Waals surface area contributed by atoms with Crippen molar-refractivity contribution in [1.82, 2.24) is 4.72 Å². The van der Waals surface area contributed by atoms with Crippen molar-refractivity contribution in [3.05, 3.63) is 23.8 Å². The van der Waals surface area contributed by atoms with E-state index >= 15 is 0 Å². The molecule has 0 bridgehead atoms. The quantitative estimate of drug-likeness (QED) is 0.660. The summed E-state index contributed by atoms with van der Waals surface area (Å²) in [5.74, 6) is -1.02. The van der Waals surface area contributed by atoms with Crippen LogP contribution in [0.15, 0.2) is 23.1 Å². The molecule has 0 aliphatic rings. The number of aromatic carboxylic acids is 1. The van der Waals surface area contributed by atoms with E-state index in [9.17, 15) is 18.3 Å². The van der Waals surface area contributed by atoms with Crippen LogP contribution in [0.1, 0.15) is 24.2 Å². The third-order valence-electron chi connectivity index (χ3n) is 2.64. The molecule has 0 atom stereocenters. The molecule has 1 aromatic carbocycles. The molecule has 0 saturated carbocycles. The summed E-state index contributed by atoms with van der Waals surface area (Å²) in [5.41, 5.74) is -0.0727. The molecule has 0 aromatic heterocycles. The van der Waals surface area contributed by atoms with Crippen molar-refractivity contribution in [3.63, 3.8) is 0 Å². The van der Waals surface area contributed by atoms with Crippen molar-refractivity contribution in [1.29, 1.82) is 0 Å². The maximum Gasteiger partial charge on any atom is 0.338 e. The van der Waals surface area contributed by atoms with Gasteiger partial charge in [-0.15, -0.1) is 11.8 Å². The highest BCUT2D eigenvalue weighted by molar-refractivity contribution is 7.98. The first kappa shape index (κ1) is 17.8. The van der Waals surface area contributed by atoms with E-state index in [1.165, 1.54) is 11.8 Å². The number of hydrogen-bond donors (Lipinski definition) is 3. The van der Waals surface area contributed by atoms with Crippen LogP contribution < -0.4 is 10.0 Å². The molecule has 8 heteroatoms. The largest absolute Gasteiger partial charge is 0.478 e. The number of sulfonamides is 1. The monoisotopic (exact) mass is 332 g/mol. The standard InChI is InChI=1S/C13H20N2O4S2/c1-13(2,15-21(4,18)19)8-14-9-6-5-7-10(20-3)11(9)12(16)17/h5-7,14-15H,8H2,1-4H3,(H,16,17). The average Bonchev–Trinajstić information content (AvgIpc) is 2.32. The minimum Gasteiger partial charge on any atom is -0.478 e. The van der Waals surface area contributed by atoms with E-state index < -0.39 is 21.5 Å². The molecule has 3 N–H and O–H groups in total. The Morgan fingerprint density at radius 3 is 2.48 bits per heavy atom. The molecule has 0 aliphatic heterocycles. The van der Waals surface area contributed by atoms with Gasteiger partial charge in [0.05, 0.1) is 11.8 Å². The number of carboxylic acid groups (broad SMARTS) is 1. The number of nitrogens with one attached hydrogen (secondary N) is 2. The fraction of sp³-hybridized carbons (Fsp3) is 0.462. The second-order valence-corrected chi connectivity index (χ2v) is 7.90. The molecule has 21 heavy (non-hydrogen) atoms. The number of thioether (sulfide) groups is 1. The average molecular weight is 332 g/mol.